The largest absolute Gasteiger partial charge is 0.352 e. The van der Waals surface area contributed by atoms with Crippen LogP contribution in [0.25, 0.3) is 0 Å². The van der Waals surface area contributed by atoms with Crippen LogP contribution in [0.5, 0.6) is 0 Å². The third kappa shape index (κ3) is 5.31. The molecule has 4 amide bonds. The number of urea groups is 1. The third-order valence-corrected chi connectivity index (χ3v) is 7.57. The van der Waals surface area contributed by atoms with E-state index >= 15 is 0 Å². The number of benzene rings is 1. The lowest BCUT2D eigenvalue weighted by Gasteiger charge is -2.43. The van der Waals surface area contributed by atoms with Gasteiger partial charge in [-0.15, -0.1) is 0 Å². The second-order valence-corrected chi connectivity index (χ2v) is 9.91. The van der Waals surface area contributed by atoms with E-state index < -0.39 is 5.54 Å². The molecule has 3 aliphatic rings. The zero-order valence-electron chi connectivity index (χ0n) is 20.4. The number of carbonyl (C=O) groups is 3. The standard InChI is InChI=1S/C26H39N5O3/c1-2-3-16-27-25(34)29-17-14-26(15-18-29)24(33)30(20-31(26)22-12-8-5-9-13-22)19-23(32)28-21-10-6-4-7-11-21/h5,8-9,12-13,21H,2-4,6-7,10-11,14-20H2,1H3,(H,27,34)(H,28,32). The second-order valence-electron chi connectivity index (χ2n) is 9.91. The Balaban J connectivity index is 1.44. The average Bonchev–Trinajstić information content (AvgIpc) is 3.11. The Labute approximate surface area is 203 Å². The van der Waals surface area contributed by atoms with E-state index in [9.17, 15) is 14.4 Å². The third-order valence-electron chi connectivity index (χ3n) is 7.57. The van der Waals surface area contributed by atoms with Gasteiger partial charge in [-0.25, -0.2) is 4.79 Å². The molecule has 0 aromatic heterocycles. The first-order valence-corrected chi connectivity index (χ1v) is 13.0. The van der Waals surface area contributed by atoms with Crippen molar-refractivity contribution in [3.05, 3.63) is 30.3 Å². The van der Waals surface area contributed by atoms with E-state index in [1.165, 1.54) is 6.42 Å². The van der Waals surface area contributed by atoms with Crippen molar-refractivity contribution < 1.29 is 14.4 Å². The minimum atomic E-state index is -0.716. The van der Waals surface area contributed by atoms with Crippen LogP contribution in [0.1, 0.15) is 64.7 Å². The summed E-state index contributed by atoms with van der Waals surface area (Å²) in [4.78, 5) is 44.8. The average molecular weight is 470 g/mol. The molecule has 2 N–H and O–H groups in total. The van der Waals surface area contributed by atoms with Gasteiger partial charge in [-0.1, -0.05) is 50.8 Å². The summed E-state index contributed by atoms with van der Waals surface area (Å²) < 4.78 is 0. The van der Waals surface area contributed by atoms with Gasteiger partial charge in [-0.2, -0.15) is 0 Å². The number of nitrogens with zero attached hydrogens (tertiary/aromatic N) is 3. The highest BCUT2D eigenvalue weighted by molar-refractivity contribution is 5.96. The van der Waals surface area contributed by atoms with Crippen molar-refractivity contribution in [1.82, 2.24) is 20.4 Å². The smallest absolute Gasteiger partial charge is 0.317 e. The molecule has 0 radical (unpaired) electrons. The zero-order chi connectivity index (χ0) is 24.0. The number of hydrogen-bond acceptors (Lipinski definition) is 4. The van der Waals surface area contributed by atoms with Gasteiger partial charge in [-0.3, -0.25) is 9.59 Å². The summed E-state index contributed by atoms with van der Waals surface area (Å²) in [5, 5.41) is 6.13. The number of amides is 4. The Morgan fingerprint density at radius 3 is 2.44 bits per heavy atom. The lowest BCUT2D eigenvalue weighted by molar-refractivity contribution is -0.137. The molecule has 2 heterocycles. The molecule has 0 bridgehead atoms. The molecule has 1 spiro atoms. The number of hydrogen-bond donors (Lipinski definition) is 2. The van der Waals surface area contributed by atoms with Crippen molar-refractivity contribution in [3.8, 4) is 0 Å². The molecular weight excluding hydrogens is 430 g/mol. The predicted molar refractivity (Wildman–Crippen MR) is 132 cm³/mol. The van der Waals surface area contributed by atoms with Crippen LogP contribution in [0, 0.1) is 0 Å². The van der Waals surface area contributed by atoms with Gasteiger partial charge in [0.15, 0.2) is 0 Å². The van der Waals surface area contributed by atoms with Crippen LogP contribution in [0.2, 0.25) is 0 Å². The molecule has 2 saturated heterocycles. The van der Waals surface area contributed by atoms with Crippen LogP contribution in [0.15, 0.2) is 30.3 Å². The fourth-order valence-electron chi connectivity index (χ4n) is 5.58. The summed E-state index contributed by atoms with van der Waals surface area (Å²) in [6.07, 6.45) is 8.70. The molecule has 3 fully saturated rings. The number of carbonyl (C=O) groups excluding carboxylic acids is 3. The minimum absolute atomic E-state index is 0.00110. The van der Waals surface area contributed by atoms with Crippen molar-refractivity contribution in [2.24, 2.45) is 0 Å². The van der Waals surface area contributed by atoms with Crippen molar-refractivity contribution in [2.75, 3.05) is 37.7 Å². The van der Waals surface area contributed by atoms with E-state index in [1.807, 2.05) is 35.2 Å². The van der Waals surface area contributed by atoms with Crippen LogP contribution in [0.3, 0.4) is 0 Å². The molecule has 1 aromatic rings. The minimum Gasteiger partial charge on any atom is -0.352 e. The first-order chi connectivity index (χ1) is 16.5. The van der Waals surface area contributed by atoms with Gasteiger partial charge in [-0.05, 0) is 44.2 Å². The highest BCUT2D eigenvalue weighted by Crippen LogP contribution is 2.39. The maximum atomic E-state index is 13.8. The number of rotatable bonds is 7. The topological polar surface area (TPSA) is 85.0 Å². The van der Waals surface area contributed by atoms with E-state index in [-0.39, 0.29) is 30.4 Å². The van der Waals surface area contributed by atoms with E-state index in [1.54, 1.807) is 4.90 Å². The van der Waals surface area contributed by atoms with Gasteiger partial charge in [0.1, 0.15) is 12.1 Å². The maximum Gasteiger partial charge on any atom is 0.317 e. The predicted octanol–water partition coefficient (Wildman–Crippen LogP) is 3.09. The van der Waals surface area contributed by atoms with Crippen molar-refractivity contribution >= 4 is 23.5 Å². The fraction of sp³-hybridized carbons (Fsp3) is 0.654. The summed E-state index contributed by atoms with van der Waals surface area (Å²) in [6.45, 7) is 4.30. The van der Waals surface area contributed by atoms with E-state index in [0.29, 0.717) is 39.1 Å². The molecule has 4 rings (SSSR count). The van der Waals surface area contributed by atoms with Crippen molar-refractivity contribution in [1.29, 1.82) is 0 Å². The second kappa shape index (κ2) is 11.1. The van der Waals surface area contributed by atoms with Gasteiger partial charge in [0.25, 0.3) is 5.91 Å². The van der Waals surface area contributed by atoms with Crippen molar-refractivity contribution in [3.63, 3.8) is 0 Å². The molecule has 1 aliphatic carbocycles. The Morgan fingerprint density at radius 1 is 1.06 bits per heavy atom. The molecule has 8 heteroatoms. The number of unbranched alkanes of at least 4 members (excludes halogenated alkanes) is 1. The van der Waals surface area contributed by atoms with Gasteiger partial charge in [0.05, 0.1) is 6.67 Å². The van der Waals surface area contributed by atoms with Gasteiger partial charge in [0, 0.05) is 31.4 Å². The molecule has 0 atom stereocenters. The SMILES string of the molecule is CCCCNC(=O)N1CCC2(CC1)C(=O)N(CC(=O)NC1CCCCC1)CN2c1ccccc1. The first-order valence-electron chi connectivity index (χ1n) is 13.0. The van der Waals surface area contributed by atoms with Gasteiger partial charge in [0.2, 0.25) is 5.91 Å². The summed E-state index contributed by atoms with van der Waals surface area (Å²) in [5.41, 5.74) is 0.263. The van der Waals surface area contributed by atoms with Gasteiger partial charge < -0.3 is 25.3 Å². The highest BCUT2D eigenvalue weighted by atomic mass is 16.2. The normalized spacial score (nSPS) is 20.6. The maximum absolute atomic E-state index is 13.8. The van der Waals surface area contributed by atoms with E-state index in [2.05, 4.69) is 22.5 Å². The van der Waals surface area contributed by atoms with Crippen molar-refractivity contribution in [2.45, 2.75) is 76.3 Å². The lowest BCUT2D eigenvalue weighted by atomic mass is 9.85. The van der Waals surface area contributed by atoms with Crippen LogP contribution in [0.4, 0.5) is 10.5 Å². The lowest BCUT2D eigenvalue weighted by Crippen LogP contribution is -2.58. The first kappa shape index (κ1) is 24.4. The highest BCUT2D eigenvalue weighted by Gasteiger charge is 2.54. The number of nitrogens with one attached hydrogen (secondary N) is 2. The molecule has 1 aromatic carbocycles. The zero-order valence-corrected chi connectivity index (χ0v) is 20.4. The van der Waals surface area contributed by atoms with Gasteiger partial charge >= 0.3 is 6.03 Å². The summed E-state index contributed by atoms with van der Waals surface area (Å²) in [5.74, 6) is -0.0702. The number of anilines is 1. The van der Waals surface area contributed by atoms with Crippen LogP contribution < -0.4 is 15.5 Å². The number of piperidine rings is 1. The Morgan fingerprint density at radius 2 is 1.76 bits per heavy atom. The Hall–Kier alpha value is -2.77. The van der Waals surface area contributed by atoms with Crippen LogP contribution in [-0.4, -0.2) is 72.1 Å². The molecular formula is C26H39N5O3. The summed E-state index contributed by atoms with van der Waals surface area (Å²) in [6, 6.07) is 10.1. The number of likely N-dealkylation sites (tertiary alicyclic amines) is 1. The summed E-state index contributed by atoms with van der Waals surface area (Å²) in [7, 11) is 0. The van der Waals surface area contributed by atoms with Crippen LogP contribution in [-0.2, 0) is 9.59 Å². The van der Waals surface area contributed by atoms with Crippen LogP contribution >= 0.6 is 0 Å². The quantitative estimate of drug-likeness (QED) is 0.601. The Bertz CT molecular complexity index is 847. The Kier molecular flexibility index (Phi) is 7.95. The summed E-state index contributed by atoms with van der Waals surface area (Å²) >= 11 is 0. The molecule has 0 unspecified atom stereocenters. The molecule has 186 valence electrons. The molecule has 8 nitrogen and oxygen atoms in total. The molecule has 2 aliphatic heterocycles. The van der Waals surface area contributed by atoms with E-state index in [4.69, 9.17) is 0 Å². The number of para-hydroxylation sites is 1. The molecule has 34 heavy (non-hydrogen) atoms. The fourth-order valence-corrected chi connectivity index (χ4v) is 5.58. The monoisotopic (exact) mass is 469 g/mol. The van der Waals surface area contributed by atoms with E-state index in [0.717, 1.165) is 44.2 Å². The molecule has 1 saturated carbocycles.